The summed E-state index contributed by atoms with van der Waals surface area (Å²) in [4.78, 5) is 26.3. The first-order valence-corrected chi connectivity index (χ1v) is 13.9. The average Bonchev–Trinajstić information content (AvgIpc) is 2.96. The van der Waals surface area contributed by atoms with Gasteiger partial charge in [-0.25, -0.2) is 14.6 Å². The zero-order valence-corrected chi connectivity index (χ0v) is 22.2. The Morgan fingerprint density at radius 2 is 1.82 bits per heavy atom. The summed E-state index contributed by atoms with van der Waals surface area (Å²) < 4.78 is 18.6. The van der Waals surface area contributed by atoms with E-state index >= 15 is 0 Å². The molecule has 1 saturated carbocycles. The quantitative estimate of drug-likeness (QED) is 0.345. The summed E-state index contributed by atoms with van der Waals surface area (Å²) in [5, 5.41) is 0. The number of ether oxygens (including phenoxy) is 3. The Hall–Kier alpha value is -0.540. The molecule has 0 aromatic carbocycles. The van der Waals surface area contributed by atoms with Crippen LogP contribution in [0, 0.1) is 23.7 Å². The second kappa shape index (κ2) is 9.84. The third kappa shape index (κ3) is 4.67. The lowest BCUT2D eigenvalue weighted by Crippen LogP contribution is -2.70. The Balaban J connectivity index is 1.34. The molecule has 0 N–H and O–H groups in total. The zero-order chi connectivity index (χ0) is 24.0. The van der Waals surface area contributed by atoms with E-state index in [4.69, 9.17) is 24.0 Å². The molecule has 33 heavy (non-hydrogen) atoms. The lowest BCUT2D eigenvalue weighted by molar-refractivity contribution is -0.568. The van der Waals surface area contributed by atoms with Gasteiger partial charge >= 0.3 is 6.09 Å². The lowest BCUT2D eigenvalue weighted by Gasteiger charge is -2.60. The third-order valence-electron chi connectivity index (χ3n) is 8.22. The van der Waals surface area contributed by atoms with E-state index in [0.29, 0.717) is 30.3 Å². The molecular weight excluding hydrogens is 442 g/mol. The van der Waals surface area contributed by atoms with E-state index in [9.17, 15) is 4.79 Å². The molecule has 190 valence electrons. The summed E-state index contributed by atoms with van der Waals surface area (Å²) in [6, 6.07) is 0.251. The number of amides is 1. The fourth-order valence-corrected chi connectivity index (χ4v) is 7.76. The number of carbonyl (C=O) groups is 1. The fourth-order valence-electron chi connectivity index (χ4n) is 6.57. The Morgan fingerprint density at radius 1 is 1.09 bits per heavy atom. The van der Waals surface area contributed by atoms with Crippen molar-refractivity contribution in [1.82, 2.24) is 4.90 Å². The minimum atomic E-state index is -0.736. The molecule has 1 aliphatic carbocycles. The molecule has 0 aromatic heterocycles. The number of thioether (sulfide) groups is 1. The molecule has 1 unspecified atom stereocenters. The second-order valence-electron chi connectivity index (χ2n) is 11.2. The van der Waals surface area contributed by atoms with Crippen LogP contribution in [0.25, 0.3) is 0 Å². The Morgan fingerprint density at radius 3 is 2.52 bits per heavy atom. The molecule has 8 heteroatoms. The smallest absolute Gasteiger partial charge is 0.410 e. The number of carbonyl (C=O) groups excluding carboxylic acids is 1. The van der Waals surface area contributed by atoms with Gasteiger partial charge in [-0.15, -0.1) is 11.8 Å². The van der Waals surface area contributed by atoms with Gasteiger partial charge in [0.1, 0.15) is 5.44 Å². The standard InChI is InChI=1S/C25H43NO6S/c1-15(2)26(16(3)4)23(27)28-13-8-14-33-21-18(6)20-10-9-17(5)19-11-12-24(7)30-22(29-21)25(19,20)32-31-24/h15-22H,8-14H2,1-7H3/t17-,18-,19+,20+,21+,22-,24?,25-/m1/s1. The second-order valence-corrected chi connectivity index (χ2v) is 12.4. The van der Waals surface area contributed by atoms with Crippen LogP contribution in [0.15, 0.2) is 0 Å². The highest BCUT2D eigenvalue weighted by Gasteiger charge is 2.69. The number of rotatable bonds is 7. The van der Waals surface area contributed by atoms with Crippen LogP contribution in [0.5, 0.6) is 0 Å². The molecule has 5 fully saturated rings. The summed E-state index contributed by atoms with van der Waals surface area (Å²) in [6.07, 6.45) is 4.37. The van der Waals surface area contributed by atoms with Crippen molar-refractivity contribution in [1.29, 1.82) is 0 Å². The molecule has 1 spiro atoms. The fraction of sp³-hybridized carbons (Fsp3) is 0.960. The van der Waals surface area contributed by atoms with Crippen LogP contribution in [0.3, 0.4) is 0 Å². The van der Waals surface area contributed by atoms with Crippen molar-refractivity contribution in [2.24, 2.45) is 23.7 Å². The predicted molar refractivity (Wildman–Crippen MR) is 127 cm³/mol. The lowest BCUT2D eigenvalue weighted by atomic mass is 9.58. The maximum Gasteiger partial charge on any atom is 0.410 e. The maximum atomic E-state index is 12.4. The van der Waals surface area contributed by atoms with Crippen molar-refractivity contribution >= 4 is 17.9 Å². The summed E-state index contributed by atoms with van der Waals surface area (Å²) in [5.41, 5.74) is -0.471. The van der Waals surface area contributed by atoms with Gasteiger partial charge in [0.25, 0.3) is 0 Å². The molecule has 2 bridgehead atoms. The molecule has 5 rings (SSSR count). The molecule has 4 heterocycles. The average molecular weight is 486 g/mol. The van der Waals surface area contributed by atoms with E-state index < -0.39 is 17.7 Å². The monoisotopic (exact) mass is 485 g/mol. The van der Waals surface area contributed by atoms with Gasteiger partial charge in [0.2, 0.25) is 5.79 Å². The minimum Gasteiger partial charge on any atom is -0.449 e. The molecule has 7 nitrogen and oxygen atoms in total. The van der Waals surface area contributed by atoms with Gasteiger partial charge in [0.15, 0.2) is 11.9 Å². The molecule has 0 aromatic rings. The van der Waals surface area contributed by atoms with Crippen LogP contribution in [-0.4, -0.2) is 58.6 Å². The summed E-state index contributed by atoms with van der Waals surface area (Å²) >= 11 is 1.81. The van der Waals surface area contributed by atoms with E-state index in [2.05, 4.69) is 13.8 Å². The summed E-state index contributed by atoms with van der Waals surface area (Å²) in [5.74, 6) is 1.77. The zero-order valence-electron chi connectivity index (χ0n) is 21.4. The number of hydrogen-bond acceptors (Lipinski definition) is 7. The normalized spacial score (nSPS) is 42.2. The molecular formula is C25H43NO6S. The Kier molecular flexibility index (Phi) is 7.62. The van der Waals surface area contributed by atoms with Crippen molar-refractivity contribution in [2.75, 3.05) is 12.4 Å². The van der Waals surface area contributed by atoms with Crippen LogP contribution in [0.2, 0.25) is 0 Å². The van der Waals surface area contributed by atoms with Gasteiger partial charge in [0.05, 0.1) is 6.61 Å². The molecule has 4 aliphatic heterocycles. The van der Waals surface area contributed by atoms with Crippen molar-refractivity contribution in [3.05, 3.63) is 0 Å². The maximum absolute atomic E-state index is 12.4. The number of fused-ring (bicyclic) bond motifs is 2. The summed E-state index contributed by atoms with van der Waals surface area (Å²) in [7, 11) is 0. The van der Waals surface area contributed by atoms with Crippen LogP contribution in [0.1, 0.15) is 80.6 Å². The number of nitrogens with zero attached hydrogens (tertiary/aromatic N) is 1. The first kappa shape index (κ1) is 25.5. The van der Waals surface area contributed by atoms with E-state index in [1.54, 1.807) is 16.7 Å². The largest absolute Gasteiger partial charge is 0.449 e. The molecule has 8 atom stereocenters. The highest BCUT2D eigenvalue weighted by atomic mass is 32.2. The SMILES string of the molecule is CC(C)N(C(=O)OCCCS[C@@H]1O[C@@H]2OC3(C)CC[C@H]4[C@H](C)CC[C@@H]([C@H]1C)[C@@]24OO3)C(C)C. The molecule has 1 amide bonds. The van der Waals surface area contributed by atoms with Crippen LogP contribution < -0.4 is 0 Å². The van der Waals surface area contributed by atoms with Crippen molar-refractivity contribution in [2.45, 2.75) is 116 Å². The van der Waals surface area contributed by atoms with Crippen molar-refractivity contribution < 1.29 is 28.8 Å². The van der Waals surface area contributed by atoms with Crippen LogP contribution in [0.4, 0.5) is 4.79 Å². The van der Waals surface area contributed by atoms with Crippen LogP contribution in [-0.2, 0) is 24.0 Å². The summed E-state index contributed by atoms with van der Waals surface area (Å²) in [6.45, 7) is 15.1. The predicted octanol–water partition coefficient (Wildman–Crippen LogP) is 5.57. The molecule has 4 saturated heterocycles. The van der Waals surface area contributed by atoms with Gasteiger partial charge in [-0.3, -0.25) is 0 Å². The molecule has 5 aliphatic rings. The van der Waals surface area contributed by atoms with Gasteiger partial charge in [-0.05, 0) is 83.8 Å². The van der Waals surface area contributed by atoms with Crippen molar-refractivity contribution in [3.63, 3.8) is 0 Å². The van der Waals surface area contributed by atoms with Crippen molar-refractivity contribution in [3.8, 4) is 0 Å². The van der Waals surface area contributed by atoms with Gasteiger partial charge in [-0.2, -0.15) is 0 Å². The Bertz CT molecular complexity index is 698. The van der Waals surface area contributed by atoms with Gasteiger partial charge < -0.3 is 19.1 Å². The third-order valence-corrected chi connectivity index (χ3v) is 9.61. The van der Waals surface area contributed by atoms with Gasteiger partial charge in [-0.1, -0.05) is 13.8 Å². The van der Waals surface area contributed by atoms with Gasteiger partial charge in [0, 0.05) is 24.4 Å². The van der Waals surface area contributed by atoms with E-state index in [0.717, 1.165) is 31.4 Å². The minimum absolute atomic E-state index is 0.0322. The highest BCUT2D eigenvalue weighted by molar-refractivity contribution is 7.99. The van der Waals surface area contributed by atoms with E-state index in [-0.39, 0.29) is 23.6 Å². The first-order valence-electron chi connectivity index (χ1n) is 12.9. The topological polar surface area (TPSA) is 66.5 Å². The van der Waals surface area contributed by atoms with Crippen LogP contribution >= 0.6 is 11.8 Å². The van der Waals surface area contributed by atoms with E-state index in [1.165, 1.54) is 6.42 Å². The van der Waals surface area contributed by atoms with E-state index in [1.807, 2.05) is 34.6 Å². The number of hydrogen-bond donors (Lipinski definition) is 0. The Labute approximate surface area is 203 Å². The molecule has 0 radical (unpaired) electrons. The first-order chi connectivity index (χ1) is 15.6. The highest BCUT2D eigenvalue weighted by Crippen LogP contribution is 2.61.